The van der Waals surface area contributed by atoms with Gasteiger partial charge >= 0.3 is 0 Å². The summed E-state index contributed by atoms with van der Waals surface area (Å²) in [4.78, 5) is 14.7. The van der Waals surface area contributed by atoms with Crippen LogP contribution in [0.5, 0.6) is 0 Å². The van der Waals surface area contributed by atoms with Crippen molar-refractivity contribution in [2.45, 2.75) is 25.8 Å². The molecule has 1 fully saturated rings. The number of carbonyl (C=O) groups excluding carboxylic acids is 1. The molecule has 2 aromatic rings. The second-order valence-electron chi connectivity index (χ2n) is 5.25. The van der Waals surface area contributed by atoms with Gasteiger partial charge in [0.2, 0.25) is 0 Å². The van der Waals surface area contributed by atoms with Gasteiger partial charge in [-0.25, -0.2) is 0 Å². The first-order valence-electron chi connectivity index (χ1n) is 6.86. The number of hydrogen-bond acceptors (Lipinski definition) is 3. The normalized spacial score (nSPS) is 18.4. The highest BCUT2D eigenvalue weighted by atomic mass is 32.1. The number of nitrogen functional groups attached to an aromatic ring is 1. The highest BCUT2D eigenvalue weighted by Crippen LogP contribution is 2.35. The molecule has 3 nitrogen and oxygen atoms in total. The molecule has 0 spiro atoms. The van der Waals surface area contributed by atoms with E-state index in [0.717, 1.165) is 24.9 Å². The zero-order valence-electron chi connectivity index (χ0n) is 11.5. The van der Waals surface area contributed by atoms with Crippen molar-refractivity contribution in [2.75, 3.05) is 12.3 Å². The molecule has 1 saturated heterocycles. The van der Waals surface area contributed by atoms with Gasteiger partial charge in [0.25, 0.3) is 5.91 Å². The Kier molecular flexibility index (Phi) is 3.49. The van der Waals surface area contributed by atoms with E-state index in [1.54, 1.807) is 11.3 Å². The molecule has 1 atom stereocenters. The molecule has 1 aromatic heterocycles. The SMILES string of the molecule is Cc1cccc(C(=O)N2CCCC2c2ccsc2)c1N. The molecule has 0 aliphatic carbocycles. The number of thiophene rings is 1. The molecule has 0 saturated carbocycles. The Morgan fingerprint density at radius 1 is 1.40 bits per heavy atom. The molecule has 1 aromatic carbocycles. The lowest BCUT2D eigenvalue weighted by Gasteiger charge is -2.25. The van der Waals surface area contributed by atoms with Crippen molar-refractivity contribution < 1.29 is 4.79 Å². The van der Waals surface area contributed by atoms with E-state index in [0.29, 0.717) is 11.3 Å². The molecular weight excluding hydrogens is 268 g/mol. The van der Waals surface area contributed by atoms with Gasteiger partial charge in [0, 0.05) is 12.2 Å². The number of para-hydroxylation sites is 1. The van der Waals surface area contributed by atoms with Crippen LogP contribution in [0.25, 0.3) is 0 Å². The molecule has 0 bridgehead atoms. The number of carbonyl (C=O) groups is 1. The number of benzene rings is 1. The van der Waals surface area contributed by atoms with Crippen LogP contribution >= 0.6 is 11.3 Å². The number of hydrogen-bond donors (Lipinski definition) is 1. The van der Waals surface area contributed by atoms with Gasteiger partial charge in [0.1, 0.15) is 0 Å². The van der Waals surface area contributed by atoms with Gasteiger partial charge in [-0.1, -0.05) is 12.1 Å². The van der Waals surface area contributed by atoms with E-state index >= 15 is 0 Å². The smallest absolute Gasteiger partial charge is 0.256 e. The molecule has 2 N–H and O–H groups in total. The summed E-state index contributed by atoms with van der Waals surface area (Å²) >= 11 is 1.68. The van der Waals surface area contributed by atoms with Gasteiger partial charge in [-0.3, -0.25) is 4.79 Å². The quantitative estimate of drug-likeness (QED) is 0.857. The predicted molar refractivity (Wildman–Crippen MR) is 82.9 cm³/mol. The molecule has 1 aliphatic rings. The predicted octanol–water partition coefficient (Wildman–Crippen LogP) is 3.62. The number of rotatable bonds is 2. The Morgan fingerprint density at radius 2 is 2.25 bits per heavy atom. The average molecular weight is 286 g/mol. The topological polar surface area (TPSA) is 46.3 Å². The second-order valence-corrected chi connectivity index (χ2v) is 6.03. The van der Waals surface area contributed by atoms with Crippen LogP contribution in [0.1, 0.15) is 40.4 Å². The van der Waals surface area contributed by atoms with Gasteiger partial charge in [0.15, 0.2) is 0 Å². The van der Waals surface area contributed by atoms with Gasteiger partial charge in [0.05, 0.1) is 11.6 Å². The third-order valence-electron chi connectivity index (χ3n) is 4.00. The number of nitrogens with zero attached hydrogens (tertiary/aromatic N) is 1. The summed E-state index contributed by atoms with van der Waals surface area (Å²) in [5.74, 6) is 0.0555. The van der Waals surface area contributed by atoms with Crippen LogP contribution in [-0.4, -0.2) is 17.4 Å². The molecule has 1 aliphatic heterocycles. The summed E-state index contributed by atoms with van der Waals surface area (Å²) in [5.41, 5.74) is 9.51. The van der Waals surface area contributed by atoms with Crippen molar-refractivity contribution in [3.8, 4) is 0 Å². The highest BCUT2D eigenvalue weighted by Gasteiger charge is 2.31. The van der Waals surface area contributed by atoms with E-state index in [1.807, 2.05) is 30.0 Å². The maximum Gasteiger partial charge on any atom is 0.256 e. The van der Waals surface area contributed by atoms with Crippen molar-refractivity contribution in [3.05, 3.63) is 51.7 Å². The molecule has 3 rings (SSSR count). The average Bonchev–Trinajstić information content (AvgIpc) is 3.10. The van der Waals surface area contributed by atoms with Crippen molar-refractivity contribution in [1.82, 2.24) is 4.90 Å². The number of likely N-dealkylation sites (tertiary alicyclic amines) is 1. The molecular formula is C16H18N2OS. The molecule has 1 amide bonds. The Bertz CT molecular complexity index is 621. The van der Waals surface area contributed by atoms with E-state index in [-0.39, 0.29) is 11.9 Å². The summed E-state index contributed by atoms with van der Waals surface area (Å²) in [6, 6.07) is 7.98. The van der Waals surface area contributed by atoms with Crippen LogP contribution in [0.3, 0.4) is 0 Å². The number of nitrogens with two attached hydrogens (primary N) is 1. The van der Waals surface area contributed by atoms with E-state index in [9.17, 15) is 4.79 Å². The molecule has 1 unspecified atom stereocenters. The first-order chi connectivity index (χ1) is 9.68. The van der Waals surface area contributed by atoms with Crippen LogP contribution < -0.4 is 5.73 Å². The summed E-state index contributed by atoms with van der Waals surface area (Å²) < 4.78 is 0. The second kappa shape index (κ2) is 5.29. The van der Waals surface area contributed by atoms with E-state index in [2.05, 4.69) is 16.8 Å². The zero-order valence-corrected chi connectivity index (χ0v) is 12.3. The summed E-state index contributed by atoms with van der Waals surface area (Å²) in [7, 11) is 0. The Hall–Kier alpha value is -1.81. The minimum atomic E-state index is 0.0555. The van der Waals surface area contributed by atoms with Crippen LogP contribution in [0.4, 0.5) is 5.69 Å². The van der Waals surface area contributed by atoms with E-state index in [1.165, 1.54) is 5.56 Å². The zero-order chi connectivity index (χ0) is 14.1. The number of anilines is 1. The number of amides is 1. The van der Waals surface area contributed by atoms with Crippen LogP contribution in [0.15, 0.2) is 35.0 Å². The molecule has 2 heterocycles. The molecule has 0 radical (unpaired) electrons. The third kappa shape index (κ3) is 2.20. The third-order valence-corrected chi connectivity index (χ3v) is 4.70. The van der Waals surface area contributed by atoms with Crippen LogP contribution in [-0.2, 0) is 0 Å². The minimum absolute atomic E-state index is 0.0555. The number of aryl methyl sites for hydroxylation is 1. The first kappa shape index (κ1) is 13.2. The summed E-state index contributed by atoms with van der Waals surface area (Å²) in [5, 5.41) is 4.20. The highest BCUT2D eigenvalue weighted by molar-refractivity contribution is 7.07. The van der Waals surface area contributed by atoms with Crippen molar-refractivity contribution in [3.63, 3.8) is 0 Å². The van der Waals surface area contributed by atoms with Crippen molar-refractivity contribution >= 4 is 22.9 Å². The molecule has 104 valence electrons. The van der Waals surface area contributed by atoms with Gasteiger partial charge < -0.3 is 10.6 Å². The van der Waals surface area contributed by atoms with Gasteiger partial charge in [-0.2, -0.15) is 11.3 Å². The minimum Gasteiger partial charge on any atom is -0.398 e. The van der Waals surface area contributed by atoms with Crippen LogP contribution in [0, 0.1) is 6.92 Å². The largest absolute Gasteiger partial charge is 0.398 e. The Labute approximate surface area is 123 Å². The lowest BCUT2D eigenvalue weighted by Crippen LogP contribution is -2.31. The van der Waals surface area contributed by atoms with Gasteiger partial charge in [-0.15, -0.1) is 0 Å². The van der Waals surface area contributed by atoms with E-state index < -0.39 is 0 Å². The lowest BCUT2D eigenvalue weighted by atomic mass is 10.0. The maximum absolute atomic E-state index is 12.8. The standard InChI is InChI=1S/C16H18N2OS/c1-11-4-2-5-13(15(11)17)16(19)18-8-3-6-14(18)12-7-9-20-10-12/h2,4-5,7,9-10,14H,3,6,8,17H2,1H3. The fraction of sp³-hybridized carbons (Fsp3) is 0.312. The van der Waals surface area contributed by atoms with Crippen molar-refractivity contribution in [1.29, 1.82) is 0 Å². The first-order valence-corrected chi connectivity index (χ1v) is 7.81. The summed E-state index contributed by atoms with van der Waals surface area (Å²) in [6.07, 6.45) is 2.09. The van der Waals surface area contributed by atoms with Crippen LogP contribution in [0.2, 0.25) is 0 Å². The Morgan fingerprint density at radius 3 is 3.00 bits per heavy atom. The fourth-order valence-electron chi connectivity index (χ4n) is 2.84. The molecule has 4 heteroatoms. The lowest BCUT2D eigenvalue weighted by molar-refractivity contribution is 0.0737. The molecule has 20 heavy (non-hydrogen) atoms. The summed E-state index contributed by atoms with van der Waals surface area (Å²) in [6.45, 7) is 2.75. The van der Waals surface area contributed by atoms with Gasteiger partial charge in [-0.05, 0) is 53.8 Å². The van der Waals surface area contributed by atoms with Crippen molar-refractivity contribution in [2.24, 2.45) is 0 Å². The monoisotopic (exact) mass is 286 g/mol. The maximum atomic E-state index is 12.8. The van der Waals surface area contributed by atoms with E-state index in [4.69, 9.17) is 5.73 Å². The fourth-order valence-corrected chi connectivity index (χ4v) is 3.55. The Balaban J connectivity index is 1.92.